The Labute approximate surface area is 331 Å². The first-order valence-electron chi connectivity index (χ1n) is 18.7. The number of aryl methyl sites for hydroxylation is 1. The summed E-state index contributed by atoms with van der Waals surface area (Å²) < 4.78 is 34.9. The molecule has 0 aromatic heterocycles. The molecule has 13 nitrogen and oxygen atoms in total. The Morgan fingerprint density at radius 2 is 1.62 bits per heavy atom. The number of amides is 3. The molecule has 2 N–H and O–H groups in total. The smallest absolute Gasteiger partial charge is 0.412 e. The van der Waals surface area contributed by atoms with Gasteiger partial charge in [0.05, 0.1) is 52.2 Å². The van der Waals surface area contributed by atoms with E-state index >= 15 is 0 Å². The zero-order valence-corrected chi connectivity index (χ0v) is 33.6. The largest absolute Gasteiger partial charge is 0.493 e. The molecule has 3 fully saturated rings. The molecule has 0 spiro atoms. The number of likely N-dealkylation sites (tertiary alicyclic amines) is 1. The molecule has 298 valence electrons. The molecule has 4 aliphatic rings. The fourth-order valence-corrected chi connectivity index (χ4v) is 8.72. The van der Waals surface area contributed by atoms with Crippen molar-refractivity contribution in [1.29, 1.82) is 0 Å². The van der Waals surface area contributed by atoms with Crippen molar-refractivity contribution in [2.24, 2.45) is 0 Å². The van der Waals surface area contributed by atoms with Crippen molar-refractivity contribution in [1.82, 2.24) is 14.7 Å². The van der Waals surface area contributed by atoms with E-state index in [1.54, 1.807) is 50.6 Å². The highest BCUT2D eigenvalue weighted by atomic mass is 33.1. The van der Waals surface area contributed by atoms with Gasteiger partial charge in [-0.2, -0.15) is 0 Å². The van der Waals surface area contributed by atoms with Gasteiger partial charge in [0.15, 0.2) is 29.2 Å². The average Bonchev–Trinajstić information content (AvgIpc) is 3.91. The number of benzene rings is 2. The van der Waals surface area contributed by atoms with Crippen molar-refractivity contribution in [2.45, 2.75) is 63.3 Å². The zero-order chi connectivity index (χ0) is 39.1. The predicted octanol–water partition coefficient (Wildman–Crippen LogP) is 6.21. The van der Waals surface area contributed by atoms with Crippen LogP contribution >= 0.6 is 21.6 Å². The minimum absolute atomic E-state index is 0.0327. The number of fused-ring (bicyclic) bond motifs is 2. The lowest BCUT2D eigenvalue weighted by molar-refractivity contribution is -0.0200. The van der Waals surface area contributed by atoms with E-state index in [-0.39, 0.29) is 29.1 Å². The van der Waals surface area contributed by atoms with E-state index in [2.05, 4.69) is 13.2 Å². The first-order valence-corrected chi connectivity index (χ1v) is 21.5. The Morgan fingerprint density at radius 3 is 2.35 bits per heavy atom. The predicted molar refractivity (Wildman–Crippen MR) is 214 cm³/mol. The summed E-state index contributed by atoms with van der Waals surface area (Å²) in [6.45, 7) is 11.1. The second-order valence-electron chi connectivity index (χ2n) is 14.1. The normalized spacial score (nSPS) is 20.7. The van der Waals surface area contributed by atoms with E-state index < -0.39 is 18.4 Å². The first-order chi connectivity index (χ1) is 26.6. The molecule has 15 heteroatoms. The minimum atomic E-state index is -0.657. The molecule has 4 aliphatic heterocycles. The van der Waals surface area contributed by atoms with Gasteiger partial charge < -0.3 is 44.0 Å². The third-order valence-corrected chi connectivity index (χ3v) is 12.2. The van der Waals surface area contributed by atoms with Gasteiger partial charge in [-0.05, 0) is 75.0 Å². The summed E-state index contributed by atoms with van der Waals surface area (Å²) in [5.74, 6) is 2.43. The Hall–Kier alpha value is -4.21. The highest BCUT2D eigenvalue weighted by Gasteiger charge is 2.45. The number of nitrogen functional groups attached to an aromatic ring is 1. The van der Waals surface area contributed by atoms with Gasteiger partial charge in [-0.15, -0.1) is 0 Å². The molecule has 1 unspecified atom stereocenters. The van der Waals surface area contributed by atoms with Crippen LogP contribution in [0.5, 0.6) is 23.0 Å². The van der Waals surface area contributed by atoms with Crippen LogP contribution in [-0.2, 0) is 15.9 Å². The standard InChI is InChI=1S/C40H52N4O9S2/c1-25-17-28-10-9-27-19-35(33(48-3)20-29(27)37(45)43(28)23-25)50-12-7-6-8-13-51-36-22-31(41)30(21-34(36)49-4)38(46)44-24-26(2)18-32(44)39-42(11-14-52-39)40(47)53-15-16-55-54-5/h19-22,28,32,39H,1-2,6-18,23-24,41H2,3-5H3/t28-,32+,39?/m1/s1. The van der Waals surface area contributed by atoms with Crippen molar-refractivity contribution >= 4 is 45.2 Å². The summed E-state index contributed by atoms with van der Waals surface area (Å²) >= 11 is 0. The number of anilines is 1. The van der Waals surface area contributed by atoms with Crippen LogP contribution in [0.2, 0.25) is 0 Å². The Balaban J connectivity index is 1.00. The number of carbonyl (C=O) groups is 3. The second-order valence-corrected chi connectivity index (χ2v) is 16.8. The maximum atomic E-state index is 14.0. The van der Waals surface area contributed by atoms with Gasteiger partial charge in [-0.25, -0.2) is 4.79 Å². The molecule has 2 aromatic rings. The monoisotopic (exact) mass is 796 g/mol. The number of unbranched alkanes of at least 4 members (excludes halogenated alkanes) is 2. The summed E-state index contributed by atoms with van der Waals surface area (Å²) in [5, 5.41) is 0. The van der Waals surface area contributed by atoms with E-state index in [0.717, 1.165) is 55.2 Å². The number of nitrogens with two attached hydrogens (primary N) is 1. The van der Waals surface area contributed by atoms with Gasteiger partial charge >= 0.3 is 6.09 Å². The molecule has 4 heterocycles. The first kappa shape index (κ1) is 40.5. The number of nitrogens with zero attached hydrogens (tertiary/aromatic N) is 3. The summed E-state index contributed by atoms with van der Waals surface area (Å²) in [6.07, 6.45) is 6.29. The van der Waals surface area contributed by atoms with Crippen LogP contribution in [0, 0.1) is 0 Å². The fraction of sp³-hybridized carbons (Fsp3) is 0.525. The SMILES string of the molecule is C=C1C[C@H]2CCc3cc(OCCCCCOc4cc(N)c(C(=O)N5CC(=C)C[C@H]5C5OCCN5C(=O)OCCSSC)cc4OC)c(OC)cc3C(=O)N2C1. The van der Waals surface area contributed by atoms with E-state index in [9.17, 15) is 14.4 Å². The quantitative estimate of drug-likeness (QED) is 0.0894. The molecule has 0 radical (unpaired) electrons. The van der Waals surface area contributed by atoms with Crippen LogP contribution in [0.4, 0.5) is 10.5 Å². The summed E-state index contributed by atoms with van der Waals surface area (Å²) in [4.78, 5) is 45.4. The van der Waals surface area contributed by atoms with Gasteiger partial charge in [0, 0.05) is 42.2 Å². The van der Waals surface area contributed by atoms with Crippen molar-refractivity contribution in [3.8, 4) is 23.0 Å². The number of hydrogen-bond donors (Lipinski definition) is 1. The number of ether oxygens (including phenoxy) is 6. The molecule has 3 amide bonds. The number of methoxy groups -OCH3 is 2. The molecule has 0 aliphatic carbocycles. The Bertz CT molecular complexity index is 1770. The highest BCUT2D eigenvalue weighted by molar-refractivity contribution is 8.76. The number of hydrogen-bond acceptors (Lipinski definition) is 12. The number of carbonyl (C=O) groups excluding carboxylic acids is 3. The third-order valence-electron chi connectivity index (χ3n) is 10.4. The Morgan fingerprint density at radius 1 is 0.909 bits per heavy atom. The van der Waals surface area contributed by atoms with Gasteiger partial charge in [-0.1, -0.05) is 45.9 Å². The minimum Gasteiger partial charge on any atom is -0.493 e. The molecule has 0 bridgehead atoms. The molecule has 0 saturated carbocycles. The van der Waals surface area contributed by atoms with Gasteiger partial charge in [-0.3, -0.25) is 14.5 Å². The van der Waals surface area contributed by atoms with E-state index in [1.807, 2.05) is 23.3 Å². The van der Waals surface area contributed by atoms with E-state index in [0.29, 0.717) is 86.8 Å². The van der Waals surface area contributed by atoms with Gasteiger partial charge in [0.2, 0.25) is 0 Å². The highest BCUT2D eigenvalue weighted by Crippen LogP contribution is 2.38. The van der Waals surface area contributed by atoms with Crippen LogP contribution in [0.25, 0.3) is 0 Å². The summed E-state index contributed by atoms with van der Waals surface area (Å²) in [7, 11) is 6.34. The van der Waals surface area contributed by atoms with E-state index in [4.69, 9.17) is 34.2 Å². The maximum absolute atomic E-state index is 14.0. The van der Waals surface area contributed by atoms with Crippen LogP contribution in [-0.4, -0.2) is 123 Å². The van der Waals surface area contributed by atoms with Crippen LogP contribution < -0.4 is 24.7 Å². The van der Waals surface area contributed by atoms with E-state index in [1.165, 1.54) is 7.11 Å². The molecule has 3 atom stereocenters. The molecule has 6 rings (SSSR count). The lowest BCUT2D eigenvalue weighted by atomic mass is 10.00. The summed E-state index contributed by atoms with van der Waals surface area (Å²) in [6, 6.07) is 6.75. The van der Waals surface area contributed by atoms with Crippen molar-refractivity contribution in [3.63, 3.8) is 0 Å². The van der Waals surface area contributed by atoms with Crippen molar-refractivity contribution in [2.75, 3.05) is 78.0 Å². The van der Waals surface area contributed by atoms with Gasteiger partial charge in [0.25, 0.3) is 11.8 Å². The molecular formula is C40H52N4O9S2. The molecule has 3 saturated heterocycles. The van der Waals surface area contributed by atoms with Crippen LogP contribution in [0.15, 0.2) is 48.6 Å². The summed E-state index contributed by atoms with van der Waals surface area (Å²) in [5.41, 5.74) is 10.6. The lowest BCUT2D eigenvalue weighted by Gasteiger charge is -2.33. The van der Waals surface area contributed by atoms with Crippen molar-refractivity contribution < 1.29 is 42.8 Å². The molecular weight excluding hydrogens is 745 g/mol. The Kier molecular flexibility index (Phi) is 13.7. The molecule has 55 heavy (non-hydrogen) atoms. The van der Waals surface area contributed by atoms with Crippen LogP contribution in [0.1, 0.15) is 64.8 Å². The zero-order valence-electron chi connectivity index (χ0n) is 32.0. The van der Waals surface area contributed by atoms with Gasteiger partial charge in [0.1, 0.15) is 6.61 Å². The topological polar surface area (TPSA) is 142 Å². The van der Waals surface area contributed by atoms with Crippen LogP contribution in [0.3, 0.4) is 0 Å². The lowest BCUT2D eigenvalue weighted by Crippen LogP contribution is -2.51. The second kappa shape index (κ2) is 18.6. The number of rotatable bonds is 16. The third kappa shape index (κ3) is 9.26. The maximum Gasteiger partial charge on any atom is 0.412 e. The molecule has 2 aromatic carbocycles. The van der Waals surface area contributed by atoms with Crippen molar-refractivity contribution in [3.05, 3.63) is 65.3 Å². The average molecular weight is 797 g/mol. The fourth-order valence-electron chi connectivity index (χ4n) is 7.70.